The molecule has 0 spiro atoms. The Bertz CT molecular complexity index is 559. The van der Waals surface area contributed by atoms with Crippen LogP contribution in [-0.2, 0) is 0 Å². The smallest absolute Gasteiger partial charge is 0.261 e. The zero-order valence-corrected chi connectivity index (χ0v) is 13.6. The van der Waals surface area contributed by atoms with Crippen LogP contribution in [0.2, 0.25) is 0 Å². The number of aryl methyl sites for hydroxylation is 1. The number of thiophene rings is 1. The Labute approximate surface area is 130 Å². The van der Waals surface area contributed by atoms with Crippen LogP contribution < -0.4 is 5.32 Å². The van der Waals surface area contributed by atoms with E-state index >= 15 is 0 Å². The first-order valence-corrected chi connectivity index (χ1v) is 8.40. The van der Waals surface area contributed by atoms with Crippen LogP contribution >= 0.6 is 11.3 Å². The predicted molar refractivity (Wildman–Crippen MR) is 86.5 cm³/mol. The number of rotatable bonds is 4. The molecule has 3 nitrogen and oxygen atoms in total. The lowest BCUT2D eigenvalue weighted by atomic mass is 9.83. The summed E-state index contributed by atoms with van der Waals surface area (Å²) in [5, 5.41) is 11.9. The zero-order chi connectivity index (χ0) is 15.3. The third-order valence-corrected chi connectivity index (χ3v) is 5.61. The van der Waals surface area contributed by atoms with Crippen molar-refractivity contribution in [3.05, 3.63) is 21.4 Å². The van der Waals surface area contributed by atoms with Crippen molar-refractivity contribution in [2.75, 3.05) is 13.2 Å². The van der Waals surface area contributed by atoms with Crippen molar-refractivity contribution in [2.24, 2.45) is 5.41 Å². The second-order valence-corrected chi connectivity index (χ2v) is 6.88. The van der Waals surface area contributed by atoms with Crippen molar-refractivity contribution in [3.63, 3.8) is 0 Å². The molecule has 0 aromatic carbocycles. The maximum Gasteiger partial charge on any atom is 0.261 e. The molecule has 0 saturated heterocycles. The number of aliphatic hydroxyl groups excluding tert-OH is 1. The predicted octanol–water partition coefficient (Wildman–Crippen LogP) is 3.10. The van der Waals surface area contributed by atoms with Gasteiger partial charge in [0, 0.05) is 6.54 Å². The first-order chi connectivity index (χ1) is 10.1. The van der Waals surface area contributed by atoms with E-state index in [0.29, 0.717) is 10.3 Å². The molecule has 2 N–H and O–H groups in total. The third-order valence-electron chi connectivity index (χ3n) is 4.46. The molecule has 1 aliphatic carbocycles. The Morgan fingerprint density at radius 2 is 2.19 bits per heavy atom. The number of amides is 1. The van der Waals surface area contributed by atoms with Gasteiger partial charge in [0.15, 0.2) is 0 Å². The Morgan fingerprint density at radius 1 is 1.48 bits per heavy atom. The minimum absolute atomic E-state index is 0.000117. The molecule has 0 radical (unpaired) electrons. The fraction of sp³-hybridized carbons (Fsp3) is 0.588. The SMILES string of the molecule is CCC1(CNC(=O)c2cc(C)c(C#CCO)s2)CCCC1. The van der Waals surface area contributed by atoms with Gasteiger partial charge in [-0.15, -0.1) is 11.3 Å². The van der Waals surface area contributed by atoms with E-state index in [1.807, 2.05) is 13.0 Å². The van der Waals surface area contributed by atoms with Crippen LogP contribution in [0.15, 0.2) is 6.07 Å². The number of hydrogen-bond donors (Lipinski definition) is 2. The van der Waals surface area contributed by atoms with Gasteiger partial charge in [-0.25, -0.2) is 0 Å². The summed E-state index contributed by atoms with van der Waals surface area (Å²) in [5.74, 6) is 5.53. The summed E-state index contributed by atoms with van der Waals surface area (Å²) in [6.45, 7) is 4.78. The van der Waals surface area contributed by atoms with Crippen molar-refractivity contribution in [1.29, 1.82) is 0 Å². The second kappa shape index (κ2) is 7.11. The van der Waals surface area contributed by atoms with E-state index in [1.165, 1.54) is 37.0 Å². The van der Waals surface area contributed by atoms with E-state index in [9.17, 15) is 4.79 Å². The summed E-state index contributed by atoms with van der Waals surface area (Å²) in [6, 6.07) is 1.88. The van der Waals surface area contributed by atoms with Crippen LogP contribution in [0, 0.1) is 24.2 Å². The van der Waals surface area contributed by atoms with Crippen molar-refractivity contribution < 1.29 is 9.90 Å². The summed E-state index contributed by atoms with van der Waals surface area (Å²) >= 11 is 1.40. The van der Waals surface area contributed by atoms with Gasteiger partial charge in [-0.3, -0.25) is 4.79 Å². The van der Waals surface area contributed by atoms with Crippen LogP contribution in [0.1, 0.15) is 59.1 Å². The molecule has 1 fully saturated rings. The minimum Gasteiger partial charge on any atom is -0.384 e. The largest absolute Gasteiger partial charge is 0.384 e. The molecule has 0 bridgehead atoms. The van der Waals surface area contributed by atoms with Crippen LogP contribution in [0.5, 0.6) is 0 Å². The molecule has 1 saturated carbocycles. The van der Waals surface area contributed by atoms with Gasteiger partial charge in [0.1, 0.15) is 6.61 Å². The zero-order valence-electron chi connectivity index (χ0n) is 12.8. The normalized spacial score (nSPS) is 16.3. The number of nitrogens with one attached hydrogen (secondary N) is 1. The maximum absolute atomic E-state index is 12.3. The quantitative estimate of drug-likeness (QED) is 0.840. The number of aliphatic hydroxyl groups is 1. The highest BCUT2D eigenvalue weighted by atomic mass is 32.1. The molecule has 114 valence electrons. The standard InChI is InChI=1S/C17H23NO2S/c1-3-17(8-4-5-9-17)12-18-16(20)15-11-13(2)14(21-15)7-6-10-19/h11,19H,3-5,8-10,12H2,1-2H3,(H,18,20). The van der Waals surface area contributed by atoms with E-state index in [1.54, 1.807) is 0 Å². The van der Waals surface area contributed by atoms with Gasteiger partial charge in [-0.05, 0) is 43.2 Å². The fourth-order valence-corrected chi connectivity index (χ4v) is 3.94. The molecule has 0 unspecified atom stereocenters. The Morgan fingerprint density at radius 3 is 2.81 bits per heavy atom. The average Bonchev–Trinajstić information content (AvgIpc) is 3.10. The van der Waals surface area contributed by atoms with Gasteiger partial charge in [0.25, 0.3) is 5.91 Å². The van der Waals surface area contributed by atoms with Crippen LogP contribution in [0.4, 0.5) is 0 Å². The summed E-state index contributed by atoms with van der Waals surface area (Å²) in [4.78, 5) is 13.9. The van der Waals surface area contributed by atoms with E-state index in [0.717, 1.165) is 23.4 Å². The van der Waals surface area contributed by atoms with Crippen LogP contribution in [-0.4, -0.2) is 24.2 Å². The lowest BCUT2D eigenvalue weighted by molar-refractivity contribution is 0.0933. The van der Waals surface area contributed by atoms with Gasteiger partial charge < -0.3 is 10.4 Å². The Hall–Kier alpha value is -1.31. The van der Waals surface area contributed by atoms with E-state index < -0.39 is 0 Å². The van der Waals surface area contributed by atoms with Crippen molar-refractivity contribution in [3.8, 4) is 11.8 Å². The molecule has 4 heteroatoms. The molecule has 0 atom stereocenters. The van der Waals surface area contributed by atoms with Crippen molar-refractivity contribution in [2.45, 2.75) is 46.0 Å². The van der Waals surface area contributed by atoms with Gasteiger partial charge in [-0.1, -0.05) is 31.6 Å². The molecule has 0 aliphatic heterocycles. The highest BCUT2D eigenvalue weighted by molar-refractivity contribution is 7.14. The lowest BCUT2D eigenvalue weighted by Gasteiger charge is -2.27. The molecule has 1 aromatic rings. The summed E-state index contributed by atoms with van der Waals surface area (Å²) in [5.41, 5.74) is 1.30. The first-order valence-electron chi connectivity index (χ1n) is 7.58. The molecule has 1 amide bonds. The lowest BCUT2D eigenvalue weighted by Crippen LogP contribution is -2.35. The van der Waals surface area contributed by atoms with Crippen molar-refractivity contribution >= 4 is 17.2 Å². The Balaban J connectivity index is 2.00. The van der Waals surface area contributed by atoms with Crippen molar-refractivity contribution in [1.82, 2.24) is 5.32 Å². The van der Waals surface area contributed by atoms with Gasteiger partial charge >= 0.3 is 0 Å². The molecular weight excluding hydrogens is 282 g/mol. The fourth-order valence-electron chi connectivity index (χ4n) is 2.97. The first kappa shape index (κ1) is 16.1. The van der Waals surface area contributed by atoms with Crippen LogP contribution in [0.25, 0.3) is 0 Å². The number of carbonyl (C=O) groups excluding carboxylic acids is 1. The van der Waals surface area contributed by atoms with E-state index in [-0.39, 0.29) is 12.5 Å². The third kappa shape index (κ3) is 3.87. The van der Waals surface area contributed by atoms with Crippen LogP contribution in [0.3, 0.4) is 0 Å². The summed E-state index contributed by atoms with van der Waals surface area (Å²) in [6.07, 6.45) is 6.14. The number of carbonyl (C=O) groups is 1. The van der Waals surface area contributed by atoms with E-state index in [4.69, 9.17) is 5.11 Å². The molecule has 1 aliphatic rings. The molecular formula is C17H23NO2S. The maximum atomic E-state index is 12.3. The monoisotopic (exact) mass is 305 g/mol. The topological polar surface area (TPSA) is 49.3 Å². The highest BCUT2D eigenvalue weighted by Crippen LogP contribution is 2.40. The summed E-state index contributed by atoms with van der Waals surface area (Å²) < 4.78 is 0. The average molecular weight is 305 g/mol. The Kier molecular flexibility index (Phi) is 5.44. The molecule has 1 heterocycles. The van der Waals surface area contributed by atoms with Gasteiger partial charge in [0.2, 0.25) is 0 Å². The second-order valence-electron chi connectivity index (χ2n) is 5.83. The number of hydrogen-bond acceptors (Lipinski definition) is 3. The highest BCUT2D eigenvalue weighted by Gasteiger charge is 2.32. The minimum atomic E-state index is -0.155. The summed E-state index contributed by atoms with van der Waals surface area (Å²) in [7, 11) is 0. The molecule has 1 aromatic heterocycles. The van der Waals surface area contributed by atoms with Gasteiger partial charge in [0.05, 0.1) is 9.75 Å². The van der Waals surface area contributed by atoms with E-state index in [2.05, 4.69) is 24.1 Å². The molecule has 2 rings (SSSR count). The molecule has 21 heavy (non-hydrogen) atoms. The van der Waals surface area contributed by atoms with Gasteiger partial charge in [-0.2, -0.15) is 0 Å².